The van der Waals surface area contributed by atoms with Gasteiger partial charge in [0.2, 0.25) is 0 Å². The van der Waals surface area contributed by atoms with E-state index in [1.807, 2.05) is 43.9 Å². The van der Waals surface area contributed by atoms with Crippen LogP contribution in [0.5, 0.6) is 0 Å². The first kappa shape index (κ1) is 21.7. The number of hydrogen-bond donors (Lipinski definition) is 3. The molecule has 5 N–H and O–H groups in total. The topological polar surface area (TPSA) is 96.8 Å². The number of benzene rings is 1. The van der Waals surface area contributed by atoms with Crippen LogP contribution in [0.4, 0.5) is 16.2 Å². The van der Waals surface area contributed by atoms with Crippen LogP contribution in [-0.2, 0) is 11.3 Å². The van der Waals surface area contributed by atoms with E-state index in [0.717, 1.165) is 62.4 Å². The van der Waals surface area contributed by atoms with Gasteiger partial charge in [0.05, 0.1) is 11.4 Å². The summed E-state index contributed by atoms with van der Waals surface area (Å²) in [6.45, 7) is 12.0. The quantitative estimate of drug-likeness (QED) is 0.669. The lowest BCUT2D eigenvalue weighted by Crippen LogP contribution is -2.53. The maximum atomic E-state index is 12.4. The maximum absolute atomic E-state index is 12.4. The van der Waals surface area contributed by atoms with E-state index in [4.69, 9.17) is 16.2 Å². The molecule has 0 saturated carbocycles. The van der Waals surface area contributed by atoms with Crippen molar-refractivity contribution in [1.29, 1.82) is 0 Å². The number of ether oxygens (including phenoxy) is 1. The highest BCUT2D eigenvalue weighted by atomic mass is 16.6. The maximum Gasteiger partial charge on any atom is 0.410 e. The first-order valence-corrected chi connectivity index (χ1v) is 10.7. The third kappa shape index (κ3) is 5.34. The number of nitrogens with zero attached hydrogens (tertiary/aromatic N) is 2. The van der Waals surface area contributed by atoms with Crippen LogP contribution in [0, 0.1) is 0 Å². The number of nitrogens with one attached hydrogen (secondary N) is 1. The molecular formula is C22H37N5O2. The van der Waals surface area contributed by atoms with Gasteiger partial charge in [0.1, 0.15) is 5.60 Å². The van der Waals surface area contributed by atoms with E-state index in [1.54, 1.807) is 0 Å². The predicted molar refractivity (Wildman–Crippen MR) is 118 cm³/mol. The zero-order valence-corrected chi connectivity index (χ0v) is 18.3. The molecule has 2 heterocycles. The molecule has 29 heavy (non-hydrogen) atoms. The van der Waals surface area contributed by atoms with Gasteiger partial charge in [-0.2, -0.15) is 0 Å². The van der Waals surface area contributed by atoms with Crippen molar-refractivity contribution in [2.45, 2.75) is 70.7 Å². The highest BCUT2D eigenvalue weighted by molar-refractivity contribution is 5.69. The second-order valence-electron chi connectivity index (χ2n) is 9.68. The molecular weight excluding hydrogens is 366 g/mol. The Morgan fingerprint density at radius 3 is 2.55 bits per heavy atom. The van der Waals surface area contributed by atoms with E-state index >= 15 is 0 Å². The number of carbonyl (C=O) groups excluding carboxylic acids is 1. The van der Waals surface area contributed by atoms with Gasteiger partial charge in [-0.15, -0.1) is 0 Å². The van der Waals surface area contributed by atoms with Crippen LogP contribution in [0.2, 0.25) is 0 Å². The number of amides is 1. The highest BCUT2D eigenvalue weighted by Crippen LogP contribution is 2.32. The monoisotopic (exact) mass is 403 g/mol. The number of nitrogen functional groups attached to an aromatic ring is 1. The molecule has 2 aliphatic heterocycles. The smallest absolute Gasteiger partial charge is 0.410 e. The van der Waals surface area contributed by atoms with Gasteiger partial charge in [-0.3, -0.25) is 4.90 Å². The molecule has 2 saturated heterocycles. The third-order valence-corrected chi connectivity index (χ3v) is 6.07. The molecule has 162 valence electrons. The highest BCUT2D eigenvalue weighted by Gasteiger charge is 2.42. The second-order valence-corrected chi connectivity index (χ2v) is 9.68. The van der Waals surface area contributed by atoms with Gasteiger partial charge in [-0.1, -0.05) is 6.07 Å². The van der Waals surface area contributed by atoms with Crippen LogP contribution in [0.15, 0.2) is 18.2 Å². The number of carbonyl (C=O) groups is 1. The summed E-state index contributed by atoms with van der Waals surface area (Å²) >= 11 is 0. The summed E-state index contributed by atoms with van der Waals surface area (Å²) in [5, 5.41) is 3.60. The molecule has 1 aromatic carbocycles. The predicted octanol–water partition coefficient (Wildman–Crippen LogP) is 3.00. The van der Waals surface area contributed by atoms with Crippen molar-refractivity contribution in [3.63, 3.8) is 0 Å². The van der Waals surface area contributed by atoms with Crippen molar-refractivity contribution in [3.05, 3.63) is 23.8 Å². The van der Waals surface area contributed by atoms with Crippen LogP contribution in [0.25, 0.3) is 0 Å². The largest absolute Gasteiger partial charge is 0.444 e. The Morgan fingerprint density at radius 1 is 1.28 bits per heavy atom. The van der Waals surface area contributed by atoms with E-state index < -0.39 is 5.60 Å². The molecule has 3 rings (SSSR count). The third-order valence-electron chi connectivity index (χ3n) is 6.07. The summed E-state index contributed by atoms with van der Waals surface area (Å²) in [5.74, 6) is 0. The zero-order chi connectivity index (χ0) is 21.2. The van der Waals surface area contributed by atoms with E-state index in [0.29, 0.717) is 12.6 Å². The summed E-state index contributed by atoms with van der Waals surface area (Å²) in [4.78, 5) is 16.8. The van der Waals surface area contributed by atoms with E-state index in [1.165, 1.54) is 0 Å². The number of hydrogen-bond acceptors (Lipinski definition) is 6. The average Bonchev–Trinajstić information content (AvgIpc) is 3.06. The molecule has 2 aliphatic rings. The van der Waals surface area contributed by atoms with Crippen LogP contribution < -0.4 is 16.8 Å². The Morgan fingerprint density at radius 2 is 1.97 bits per heavy atom. The minimum absolute atomic E-state index is 0.0175. The molecule has 0 radical (unpaired) electrons. The minimum atomic E-state index is -0.454. The Balaban J connectivity index is 1.52. The van der Waals surface area contributed by atoms with Crippen molar-refractivity contribution >= 4 is 17.5 Å². The number of piperidine rings is 1. The van der Waals surface area contributed by atoms with Crippen molar-refractivity contribution in [2.75, 3.05) is 37.2 Å². The van der Waals surface area contributed by atoms with Gasteiger partial charge in [0, 0.05) is 44.3 Å². The van der Waals surface area contributed by atoms with Gasteiger partial charge in [-0.05, 0) is 64.7 Å². The molecule has 0 aliphatic carbocycles. The zero-order valence-electron chi connectivity index (χ0n) is 18.3. The van der Waals surface area contributed by atoms with Crippen LogP contribution in [-0.4, -0.2) is 59.3 Å². The number of anilines is 2. The van der Waals surface area contributed by atoms with Gasteiger partial charge in [-0.25, -0.2) is 4.79 Å². The first-order valence-electron chi connectivity index (χ1n) is 10.7. The number of likely N-dealkylation sites (tertiary alicyclic amines) is 2. The lowest BCUT2D eigenvalue weighted by Gasteiger charge is -2.43. The summed E-state index contributed by atoms with van der Waals surface area (Å²) < 4.78 is 5.55. The lowest BCUT2D eigenvalue weighted by molar-refractivity contribution is 0.0232. The van der Waals surface area contributed by atoms with E-state index in [2.05, 4.69) is 17.1 Å². The molecule has 0 spiro atoms. The van der Waals surface area contributed by atoms with Gasteiger partial charge < -0.3 is 26.4 Å². The Hall–Kier alpha value is -1.99. The fourth-order valence-corrected chi connectivity index (χ4v) is 4.34. The van der Waals surface area contributed by atoms with Crippen molar-refractivity contribution in [2.24, 2.45) is 5.73 Å². The lowest BCUT2D eigenvalue weighted by atomic mass is 9.93. The summed E-state index contributed by atoms with van der Waals surface area (Å²) in [5.41, 5.74) is 14.2. The molecule has 1 unspecified atom stereocenters. The molecule has 7 heteroatoms. The van der Waals surface area contributed by atoms with Gasteiger partial charge in [0.15, 0.2) is 0 Å². The Labute approximate surface area is 174 Å². The van der Waals surface area contributed by atoms with Gasteiger partial charge in [0.25, 0.3) is 0 Å². The van der Waals surface area contributed by atoms with E-state index in [9.17, 15) is 4.79 Å². The van der Waals surface area contributed by atoms with Crippen LogP contribution >= 0.6 is 0 Å². The SMILES string of the molecule is CC(C)(C)OC(=O)N1CCC(C)(N2CCC(Nc3ccc(CN)cc3N)CC2)C1. The average molecular weight is 404 g/mol. The second kappa shape index (κ2) is 8.40. The fraction of sp³-hybridized carbons (Fsp3) is 0.682. The molecule has 0 aromatic heterocycles. The molecule has 1 amide bonds. The van der Waals surface area contributed by atoms with Crippen LogP contribution in [0.1, 0.15) is 52.5 Å². The van der Waals surface area contributed by atoms with Crippen LogP contribution in [0.3, 0.4) is 0 Å². The first-order chi connectivity index (χ1) is 13.6. The Bertz CT molecular complexity index is 724. The van der Waals surface area contributed by atoms with E-state index in [-0.39, 0.29) is 11.6 Å². The molecule has 1 aromatic rings. The summed E-state index contributed by atoms with van der Waals surface area (Å²) in [6.07, 6.45) is 2.90. The number of rotatable bonds is 4. The minimum Gasteiger partial charge on any atom is -0.444 e. The van der Waals surface area contributed by atoms with Crippen molar-refractivity contribution < 1.29 is 9.53 Å². The fourth-order valence-electron chi connectivity index (χ4n) is 4.34. The van der Waals surface area contributed by atoms with Crippen molar-refractivity contribution in [3.8, 4) is 0 Å². The Kier molecular flexibility index (Phi) is 6.29. The molecule has 1 atom stereocenters. The summed E-state index contributed by atoms with van der Waals surface area (Å²) in [7, 11) is 0. The van der Waals surface area contributed by atoms with Crippen molar-refractivity contribution in [1.82, 2.24) is 9.80 Å². The summed E-state index contributed by atoms with van der Waals surface area (Å²) in [6, 6.07) is 6.41. The number of nitrogens with two attached hydrogens (primary N) is 2. The molecule has 2 fully saturated rings. The normalized spacial score (nSPS) is 24.0. The molecule has 0 bridgehead atoms. The molecule has 7 nitrogen and oxygen atoms in total. The van der Waals surface area contributed by atoms with Gasteiger partial charge >= 0.3 is 6.09 Å². The standard InChI is InChI=1S/C22H37N5O2/c1-21(2,3)29-20(28)26-12-9-22(4,15-26)27-10-7-17(8-11-27)25-19-6-5-16(14-23)13-18(19)24/h5-6,13,17,25H,7-12,14-15,23-24H2,1-4H3.